The van der Waals surface area contributed by atoms with Crippen LogP contribution >= 0.6 is 0 Å². The number of aromatic nitrogens is 11. The molecule has 0 bridgehead atoms. The number of nitrogens with zero attached hydrogens (tertiary/aromatic N) is 13. The van der Waals surface area contributed by atoms with E-state index in [2.05, 4.69) is 96.8 Å². The van der Waals surface area contributed by atoms with E-state index >= 15 is 0 Å². The Morgan fingerprint density at radius 1 is 0.425 bits per heavy atom. The van der Waals surface area contributed by atoms with Crippen molar-refractivity contribution >= 4 is 129 Å². The number of carbonyl (C=O) groups excluding carboxylic acids is 12. The molecule has 0 atom stereocenters. The lowest BCUT2D eigenvalue weighted by Gasteiger charge is -2.31. The molecule has 9 rings (SSSR count). The molecule has 7 aromatic heterocycles. The highest BCUT2D eigenvalue weighted by Gasteiger charge is 2.28. The van der Waals surface area contributed by atoms with Crippen molar-refractivity contribution in [1.29, 1.82) is 0 Å². The lowest BCUT2D eigenvalue weighted by atomic mass is 9.96. The largest absolute Gasteiger partial charge is 0.444 e. The van der Waals surface area contributed by atoms with Gasteiger partial charge in [-0.25, -0.2) is 14.8 Å². The molecule has 560 valence electrons. The number of imidazole rings is 4. The minimum atomic E-state index is -0.623. The maximum absolute atomic E-state index is 13.4. The van der Waals surface area contributed by atoms with Crippen LogP contribution in [0.3, 0.4) is 0 Å². The van der Waals surface area contributed by atoms with Gasteiger partial charge in [0.15, 0.2) is 23.3 Å². The molecule has 0 radical (unpaired) electrons. The molecule has 0 spiro atoms. The van der Waals surface area contributed by atoms with E-state index in [1.165, 1.54) is 61.4 Å². The van der Waals surface area contributed by atoms with Crippen molar-refractivity contribution < 1.29 is 62.3 Å². The van der Waals surface area contributed by atoms with E-state index in [1.54, 1.807) is 97.5 Å². The number of likely N-dealkylation sites (tertiary alicyclic amines) is 2. The third kappa shape index (κ3) is 22.4. The zero-order chi connectivity index (χ0) is 76.5. The van der Waals surface area contributed by atoms with Gasteiger partial charge in [-0.1, -0.05) is 11.8 Å². The Morgan fingerprint density at radius 2 is 0.849 bits per heavy atom. The fraction of sp³-hybridized carbons (Fsp3) is 0.429. The van der Waals surface area contributed by atoms with Gasteiger partial charge in [0, 0.05) is 200 Å². The Morgan fingerprint density at radius 3 is 1.37 bits per heavy atom. The zero-order valence-electron chi connectivity index (χ0n) is 60.6. The van der Waals surface area contributed by atoms with Crippen LogP contribution in [0.2, 0.25) is 0 Å². The molecule has 36 nitrogen and oxygen atoms in total. The molecule has 0 aliphatic carbocycles. The number of amides is 12. The standard InChI is InChI=1S/C70H87N23O13/c1-70(2,3)106-69(105)93-31-26-44(27-32-93)15-12-11-14-43-24-29-92(30-25-43)61(101)23-22-60(100)84-68-80-51(42-91(68)10)78-64(102)48-34-45(37-86(48)5)72-56(96)18-21-59(99)83-67-79-50(41-90(67)9)76-54(94)16-13-17-55(95)81-52-36-47(39-87(52)6)74-66(104)63-77-49(40-89(63)8)75-57(97)19-20-58(98)82-53-35-46(38-88(53)7)73-65(103)62-71-28-33-85(62)4/h28,33-44H,13,16-27,29-32H2,1-10H3,(H,72,96)(H,73,103)(H,74,104)(H,75,97)(H,76,94)(H,78,102)(H,81,95)(H,82,98)(H,79,83,99)(H,80,84,100). The van der Waals surface area contributed by atoms with Crippen LogP contribution in [-0.4, -0.2) is 165 Å². The number of anilines is 10. The second-order valence-corrected chi connectivity index (χ2v) is 26.7. The monoisotopic (exact) mass is 1460 g/mol. The number of nitrogens with one attached hydrogen (secondary N) is 10. The average molecular weight is 1460 g/mol. The second-order valence-electron chi connectivity index (χ2n) is 26.7. The minimum Gasteiger partial charge on any atom is -0.444 e. The Kier molecular flexibility index (Phi) is 25.5. The molecular weight excluding hydrogens is 1370 g/mol. The van der Waals surface area contributed by atoms with Crippen LogP contribution in [0.1, 0.15) is 136 Å². The van der Waals surface area contributed by atoms with E-state index in [1.807, 2.05) is 20.8 Å². The van der Waals surface area contributed by atoms with Crippen LogP contribution in [0, 0.1) is 35.5 Å². The summed E-state index contributed by atoms with van der Waals surface area (Å²) in [5.41, 5.74) is 0.643. The molecule has 0 unspecified atom stereocenters. The Hall–Kier alpha value is -12.8. The van der Waals surface area contributed by atoms with Crippen molar-refractivity contribution in [2.45, 2.75) is 110 Å². The lowest BCUT2D eigenvalue weighted by molar-refractivity contribution is -0.134. The number of ether oxygens (including phenoxy) is 1. The molecule has 106 heavy (non-hydrogen) atoms. The van der Waals surface area contributed by atoms with Gasteiger partial charge in [0.2, 0.25) is 65.0 Å². The van der Waals surface area contributed by atoms with E-state index in [4.69, 9.17) is 4.74 Å². The summed E-state index contributed by atoms with van der Waals surface area (Å²) in [5.74, 6) is 9.01. The van der Waals surface area contributed by atoms with Gasteiger partial charge in [-0.3, -0.25) is 63.4 Å². The van der Waals surface area contributed by atoms with E-state index in [9.17, 15) is 57.5 Å². The molecule has 0 aromatic carbocycles. The molecule has 0 saturated carbocycles. The van der Waals surface area contributed by atoms with E-state index in [-0.39, 0.29) is 134 Å². The first-order valence-electron chi connectivity index (χ1n) is 34.2. The van der Waals surface area contributed by atoms with Gasteiger partial charge in [-0.2, -0.15) is 9.97 Å². The highest BCUT2D eigenvalue weighted by atomic mass is 16.6. The van der Waals surface area contributed by atoms with Crippen LogP contribution < -0.4 is 53.2 Å². The van der Waals surface area contributed by atoms with Gasteiger partial charge < -0.3 is 89.0 Å². The maximum atomic E-state index is 13.4. The molecule has 36 heteroatoms. The number of hydrogen-bond donors (Lipinski definition) is 10. The van der Waals surface area contributed by atoms with Crippen molar-refractivity contribution in [2.75, 3.05) is 79.3 Å². The molecule has 9 heterocycles. The summed E-state index contributed by atoms with van der Waals surface area (Å²) < 4.78 is 16.1. The van der Waals surface area contributed by atoms with Gasteiger partial charge in [-0.15, -0.1) is 0 Å². The van der Waals surface area contributed by atoms with Crippen molar-refractivity contribution in [3.05, 3.63) is 85.1 Å². The topological polar surface area (TPSA) is 427 Å². The summed E-state index contributed by atoms with van der Waals surface area (Å²) in [5, 5.41) is 26.8. The van der Waals surface area contributed by atoms with Gasteiger partial charge in [0.25, 0.3) is 17.7 Å². The van der Waals surface area contributed by atoms with Crippen LogP contribution in [0.4, 0.5) is 62.8 Å². The van der Waals surface area contributed by atoms with Gasteiger partial charge in [0.1, 0.15) is 22.9 Å². The van der Waals surface area contributed by atoms with Crippen LogP contribution in [0.5, 0.6) is 0 Å². The van der Waals surface area contributed by atoms with Crippen LogP contribution in [-0.2, 0) is 92.4 Å². The lowest BCUT2D eigenvalue weighted by Crippen LogP contribution is -2.41. The van der Waals surface area contributed by atoms with Crippen LogP contribution in [0.15, 0.2) is 67.8 Å². The van der Waals surface area contributed by atoms with E-state index in [0.29, 0.717) is 62.0 Å². The van der Waals surface area contributed by atoms with Crippen molar-refractivity contribution in [3.8, 4) is 23.7 Å². The molecule has 2 aliphatic rings. The average Bonchev–Trinajstić information content (AvgIpc) is 1.25. The summed E-state index contributed by atoms with van der Waals surface area (Å²) in [6.45, 7) is 7.75. The van der Waals surface area contributed by atoms with E-state index in [0.717, 1.165) is 12.8 Å². The fourth-order valence-corrected chi connectivity index (χ4v) is 11.3. The molecule has 2 saturated heterocycles. The molecule has 2 aliphatic heterocycles. The van der Waals surface area contributed by atoms with Crippen molar-refractivity contribution in [1.82, 2.24) is 61.7 Å². The Bertz CT molecular complexity index is 4620. The summed E-state index contributed by atoms with van der Waals surface area (Å²) in [6, 6.07) is 4.54. The predicted molar refractivity (Wildman–Crippen MR) is 390 cm³/mol. The fourth-order valence-electron chi connectivity index (χ4n) is 11.3. The smallest absolute Gasteiger partial charge is 0.410 e. The molecular formula is C70H87N23O13. The number of hydrogen-bond acceptors (Lipinski definition) is 17. The third-order valence-electron chi connectivity index (χ3n) is 16.9. The summed E-state index contributed by atoms with van der Waals surface area (Å²) >= 11 is 0. The first kappa shape index (κ1) is 77.4. The van der Waals surface area contributed by atoms with E-state index < -0.39 is 64.7 Å². The number of rotatable bonds is 26. The second kappa shape index (κ2) is 34.9. The normalized spacial score (nSPS) is 13.0. The van der Waals surface area contributed by atoms with Crippen molar-refractivity contribution in [2.24, 2.45) is 61.2 Å². The molecule has 12 amide bonds. The van der Waals surface area contributed by atoms with Crippen LogP contribution in [0.25, 0.3) is 0 Å². The quantitative estimate of drug-likeness (QED) is 0.0301. The number of carbonyl (C=O) groups is 12. The Labute approximate surface area is 609 Å². The molecule has 10 N–H and O–H groups in total. The molecule has 2 fully saturated rings. The maximum Gasteiger partial charge on any atom is 0.410 e. The molecule has 7 aromatic rings. The number of piperidine rings is 2. The summed E-state index contributed by atoms with van der Waals surface area (Å²) in [6.07, 6.45) is 14.0. The minimum absolute atomic E-state index is 0.00394. The first-order chi connectivity index (χ1) is 50.4. The summed E-state index contributed by atoms with van der Waals surface area (Å²) in [4.78, 5) is 175. The third-order valence-corrected chi connectivity index (χ3v) is 16.9. The van der Waals surface area contributed by atoms with Gasteiger partial charge >= 0.3 is 6.09 Å². The highest BCUT2D eigenvalue weighted by molar-refractivity contribution is 6.06. The first-order valence-corrected chi connectivity index (χ1v) is 34.2. The zero-order valence-corrected chi connectivity index (χ0v) is 60.6. The summed E-state index contributed by atoms with van der Waals surface area (Å²) in [7, 11) is 11.4. The van der Waals surface area contributed by atoms with Gasteiger partial charge in [0.05, 0.1) is 17.1 Å². The SMILES string of the molecule is Cn1cc(NC(=O)c2nc(NC(=O)CCC(=O)Nc3cc(NC(=O)c4nccn4C)cn3C)cn2C)cc1NC(=O)CCCC(=O)Nc1cn(C)c(NC(=O)CCC(=O)Nc2cc(C(=O)Nc3cn(C)c(NC(=O)CCC(=O)N4CCC(C#CC#CC5CCN(C(=O)OC(C)(C)C)CC5)CC4)n3)n(C)c2)n1. The highest BCUT2D eigenvalue weighted by Crippen LogP contribution is 2.25. The van der Waals surface area contributed by atoms with Crippen molar-refractivity contribution in [3.63, 3.8) is 0 Å². The van der Waals surface area contributed by atoms with Gasteiger partial charge in [-0.05, 0) is 70.8 Å². The number of aryl methyl sites for hydroxylation is 7. The predicted octanol–water partition coefficient (Wildman–Crippen LogP) is 5.47. The Balaban J connectivity index is 0.617.